The number of methoxy groups -OCH3 is 2. The molecule has 0 aliphatic carbocycles. The van der Waals surface area contributed by atoms with E-state index in [-0.39, 0.29) is 38.2 Å². The molecule has 4 aliphatic rings. The molecule has 1 unspecified atom stereocenters. The minimum Gasteiger partial charge on any atom is -0.461 e. The minimum absolute atomic E-state index is 0.0107. The van der Waals surface area contributed by atoms with Crippen LogP contribution in [0, 0.1) is 41.4 Å². The van der Waals surface area contributed by atoms with E-state index < -0.39 is 162 Å². The Morgan fingerprint density at radius 3 is 1.97 bits per heavy atom. The van der Waals surface area contributed by atoms with Crippen LogP contribution in [0.25, 0.3) is 0 Å². The number of carbonyl (C=O) groups is 4. The van der Waals surface area contributed by atoms with Crippen LogP contribution in [0.15, 0.2) is 0 Å². The van der Waals surface area contributed by atoms with Gasteiger partial charge in [-0.15, -0.1) is 0 Å². The molecule has 19 heteroatoms. The lowest BCUT2D eigenvalue weighted by Crippen LogP contribution is -2.59. The molecule has 4 rings (SSSR count). The van der Waals surface area contributed by atoms with Crippen LogP contribution in [0.3, 0.4) is 0 Å². The molecule has 4 saturated heterocycles. The summed E-state index contributed by atoms with van der Waals surface area (Å²) in [5.41, 5.74) is -3.76. The van der Waals surface area contributed by atoms with Crippen LogP contribution in [-0.4, -0.2) is 173 Å². The van der Waals surface area contributed by atoms with Gasteiger partial charge in [-0.3, -0.25) is 19.2 Å². The molecule has 388 valence electrons. The van der Waals surface area contributed by atoms with E-state index in [0.29, 0.717) is 0 Å². The average Bonchev–Trinajstić information content (AvgIpc) is 3.24. The number of hydrogen-bond donors (Lipinski definition) is 5. The van der Waals surface area contributed by atoms with Gasteiger partial charge in [0, 0.05) is 51.2 Å². The Bertz CT molecular complexity index is 1640. The molecule has 0 amide bonds. The van der Waals surface area contributed by atoms with Gasteiger partial charge in [-0.25, -0.2) is 0 Å². The normalized spacial score (nSPS) is 45.8. The SMILES string of the molecule is CO[C@@H]1[C@H](O)[C@@H](C)O[C@@H](OC[C@H](C)[C@H]2OC(=O)[C@H](C)[C@@H](O[C@H]3C[C@@](C)(O)[C@@H](O)[C@H](C)O3)[C@H](C)[C@@H](O[C@@H]3O[C@H](C)CC(O)C3=O)[C@@H](C)C[C@](C)(O)C(=O)[C@H](C)[C@H](OC(=O)CC(C)C)[C@H]2C)[C@@H]1OC. The molecule has 4 aliphatic heterocycles. The smallest absolute Gasteiger partial charge is 0.311 e. The van der Waals surface area contributed by atoms with Gasteiger partial charge in [0.05, 0.1) is 54.6 Å². The molecule has 19 nitrogen and oxygen atoms in total. The van der Waals surface area contributed by atoms with Gasteiger partial charge < -0.3 is 72.9 Å². The molecule has 0 bridgehead atoms. The summed E-state index contributed by atoms with van der Waals surface area (Å²) in [6.45, 7) is 21.2. The third kappa shape index (κ3) is 13.8. The molecular formula is C48H82O19. The molecule has 5 N–H and O–H groups in total. The Morgan fingerprint density at radius 2 is 1.39 bits per heavy atom. The summed E-state index contributed by atoms with van der Waals surface area (Å²) in [6.07, 6.45) is -16.5. The van der Waals surface area contributed by atoms with Crippen molar-refractivity contribution < 1.29 is 92.1 Å². The van der Waals surface area contributed by atoms with Crippen molar-refractivity contribution in [3.63, 3.8) is 0 Å². The third-order valence-corrected chi connectivity index (χ3v) is 14.2. The number of rotatable bonds is 13. The molecule has 0 aromatic heterocycles. The van der Waals surface area contributed by atoms with Crippen LogP contribution < -0.4 is 0 Å². The van der Waals surface area contributed by atoms with E-state index in [4.69, 9.17) is 47.4 Å². The summed E-state index contributed by atoms with van der Waals surface area (Å²) in [6, 6.07) is 0. The number of cyclic esters (lactones) is 1. The number of esters is 2. The van der Waals surface area contributed by atoms with Crippen molar-refractivity contribution >= 4 is 23.5 Å². The second-order valence-electron chi connectivity index (χ2n) is 20.9. The van der Waals surface area contributed by atoms with Crippen LogP contribution in [-0.2, 0) is 66.5 Å². The standard InChI is InChI=1S/C48H82O19/c1-21(2)16-32(50)64-38-26(7)37(23(4)20-60-46-41(59-15)40(58-14)34(51)29(10)63-46)66-44(55)28(9)39(65-33-19-48(13,57)43(54)30(11)62-33)25(6)36(22(3)18-47(12,56)42(53)27(38)8)67-45-35(52)31(49)17-24(5)61-45/h21-31,33-34,36-41,43,45-46,49,51,54,56-57H,16-20H2,1-15H3/t22-,23-,24+,25+,26-,27+,28+,29+,30-,31?,33-,34+,36-,37+,38+,39-,40+,41+,43-,45-,46+,47-,48+/m0/s1. The van der Waals surface area contributed by atoms with Crippen molar-refractivity contribution in [3.05, 3.63) is 0 Å². The second kappa shape index (κ2) is 23.8. The van der Waals surface area contributed by atoms with Gasteiger partial charge in [0.25, 0.3) is 0 Å². The maximum absolute atomic E-state index is 15.0. The first-order valence-electron chi connectivity index (χ1n) is 24.0. The van der Waals surface area contributed by atoms with Gasteiger partial charge in [0.1, 0.15) is 48.3 Å². The lowest BCUT2D eigenvalue weighted by molar-refractivity contribution is -0.305. The zero-order valence-electron chi connectivity index (χ0n) is 42.2. The monoisotopic (exact) mass is 963 g/mol. The number of hydrogen-bond acceptors (Lipinski definition) is 19. The highest BCUT2D eigenvalue weighted by Gasteiger charge is 2.52. The predicted octanol–water partition coefficient (Wildman–Crippen LogP) is 2.63. The van der Waals surface area contributed by atoms with Gasteiger partial charge in [0.15, 0.2) is 18.4 Å². The zero-order valence-corrected chi connectivity index (χ0v) is 42.2. The molecule has 23 atom stereocenters. The summed E-state index contributed by atoms with van der Waals surface area (Å²) in [5.74, 6) is -8.55. The maximum atomic E-state index is 15.0. The largest absolute Gasteiger partial charge is 0.461 e. The van der Waals surface area contributed by atoms with Crippen LogP contribution in [0.1, 0.15) is 116 Å². The molecule has 0 aromatic rings. The molecule has 0 saturated carbocycles. The summed E-state index contributed by atoms with van der Waals surface area (Å²) < 4.78 is 61.3. The summed E-state index contributed by atoms with van der Waals surface area (Å²) in [5, 5.41) is 55.7. The Balaban J connectivity index is 1.86. The Labute approximate surface area is 396 Å². The second-order valence-corrected chi connectivity index (χ2v) is 20.9. The summed E-state index contributed by atoms with van der Waals surface area (Å²) in [7, 11) is 2.86. The fourth-order valence-corrected chi connectivity index (χ4v) is 10.4. The minimum atomic E-state index is -2.09. The Kier molecular flexibility index (Phi) is 20.4. The van der Waals surface area contributed by atoms with E-state index >= 15 is 0 Å². The lowest BCUT2D eigenvalue weighted by Gasteiger charge is -2.46. The molecule has 0 radical (unpaired) electrons. The highest BCUT2D eigenvalue weighted by atomic mass is 16.7. The first-order valence-corrected chi connectivity index (χ1v) is 24.0. The number of carbonyl (C=O) groups excluding carboxylic acids is 4. The van der Waals surface area contributed by atoms with Gasteiger partial charge in [-0.1, -0.05) is 48.5 Å². The maximum Gasteiger partial charge on any atom is 0.311 e. The van der Waals surface area contributed by atoms with E-state index in [9.17, 15) is 44.7 Å². The van der Waals surface area contributed by atoms with Crippen LogP contribution in [0.4, 0.5) is 0 Å². The summed E-state index contributed by atoms with van der Waals surface area (Å²) >= 11 is 0. The quantitative estimate of drug-likeness (QED) is 0.166. The number of aliphatic hydroxyl groups excluding tert-OH is 3. The molecular weight excluding hydrogens is 881 g/mol. The third-order valence-electron chi connectivity index (χ3n) is 14.2. The fourth-order valence-electron chi connectivity index (χ4n) is 10.4. The van der Waals surface area contributed by atoms with E-state index in [1.54, 1.807) is 62.3 Å². The van der Waals surface area contributed by atoms with E-state index in [1.807, 2.05) is 13.8 Å². The topological polar surface area (TPSA) is 262 Å². The Hall–Kier alpha value is -2.24. The zero-order chi connectivity index (χ0) is 50.6. The molecule has 0 spiro atoms. The van der Waals surface area contributed by atoms with Crippen molar-refractivity contribution in [2.45, 2.75) is 219 Å². The van der Waals surface area contributed by atoms with E-state index in [2.05, 4.69) is 0 Å². The summed E-state index contributed by atoms with van der Waals surface area (Å²) in [4.78, 5) is 56.7. The van der Waals surface area contributed by atoms with E-state index in [0.717, 1.165) is 0 Å². The van der Waals surface area contributed by atoms with Gasteiger partial charge in [-0.05, 0) is 59.8 Å². The average molecular weight is 963 g/mol. The highest BCUT2D eigenvalue weighted by molar-refractivity contribution is 5.89. The van der Waals surface area contributed by atoms with Gasteiger partial charge in [-0.2, -0.15) is 0 Å². The van der Waals surface area contributed by atoms with Crippen LogP contribution in [0.2, 0.25) is 0 Å². The Morgan fingerprint density at radius 1 is 0.761 bits per heavy atom. The number of Topliss-reactive ketones (excluding diaryl/α,β-unsaturated/α-hetero) is 2. The molecule has 4 heterocycles. The van der Waals surface area contributed by atoms with Crippen molar-refractivity contribution in [3.8, 4) is 0 Å². The van der Waals surface area contributed by atoms with Gasteiger partial charge >= 0.3 is 11.9 Å². The highest BCUT2D eigenvalue weighted by Crippen LogP contribution is 2.40. The molecule has 67 heavy (non-hydrogen) atoms. The van der Waals surface area contributed by atoms with Crippen LogP contribution in [0.5, 0.6) is 0 Å². The number of ketones is 2. The number of ether oxygens (including phenoxy) is 10. The van der Waals surface area contributed by atoms with Gasteiger partial charge in [0.2, 0.25) is 12.1 Å². The predicted molar refractivity (Wildman–Crippen MR) is 238 cm³/mol. The number of aliphatic hydroxyl groups is 5. The first-order chi connectivity index (χ1) is 31.1. The van der Waals surface area contributed by atoms with Crippen molar-refractivity contribution in [2.24, 2.45) is 41.4 Å². The van der Waals surface area contributed by atoms with E-state index in [1.165, 1.54) is 28.1 Å². The lowest BCUT2D eigenvalue weighted by atomic mass is 9.74. The van der Waals surface area contributed by atoms with Crippen LogP contribution >= 0.6 is 0 Å². The van der Waals surface area contributed by atoms with Crippen molar-refractivity contribution in [1.29, 1.82) is 0 Å². The van der Waals surface area contributed by atoms with Crippen molar-refractivity contribution in [1.82, 2.24) is 0 Å². The fraction of sp³-hybridized carbons (Fsp3) is 0.917. The first kappa shape index (κ1) is 57.3. The molecule has 0 aromatic carbocycles. The van der Waals surface area contributed by atoms with Crippen molar-refractivity contribution in [2.75, 3.05) is 20.8 Å². The molecule has 4 fully saturated rings.